The zero-order valence-electron chi connectivity index (χ0n) is 13.8. The van der Waals surface area contributed by atoms with Crippen LogP contribution in [-0.2, 0) is 16.1 Å². The Bertz CT molecular complexity index is 726. The average Bonchev–Trinajstić information content (AvgIpc) is 2.92. The Hall–Kier alpha value is -2.03. The minimum atomic E-state index is -2.00. The third-order valence-corrected chi connectivity index (χ3v) is 5.26. The first-order chi connectivity index (χ1) is 12.0. The van der Waals surface area contributed by atoms with Crippen LogP contribution >= 0.6 is 0 Å². The van der Waals surface area contributed by atoms with E-state index in [-0.39, 0.29) is 5.91 Å². The van der Waals surface area contributed by atoms with Gasteiger partial charge in [0.1, 0.15) is 17.1 Å². The Morgan fingerprint density at radius 3 is 2.88 bits per heavy atom. The Morgan fingerprint density at radius 2 is 2.20 bits per heavy atom. The van der Waals surface area contributed by atoms with Gasteiger partial charge in [0.2, 0.25) is 11.3 Å². The summed E-state index contributed by atoms with van der Waals surface area (Å²) in [6, 6.07) is 7.43. The summed E-state index contributed by atoms with van der Waals surface area (Å²) in [5.74, 6) is 1.09. The number of carbonyl (C=O) groups is 1. The first kappa shape index (κ1) is 17.8. The van der Waals surface area contributed by atoms with Gasteiger partial charge < -0.3 is 10.1 Å². The molecule has 2 aliphatic heterocycles. The number of nitrogens with one attached hydrogen (secondary N) is 1. The van der Waals surface area contributed by atoms with E-state index in [0.717, 1.165) is 12.0 Å². The summed E-state index contributed by atoms with van der Waals surface area (Å²) in [7, 11) is 0. The molecule has 134 valence electrons. The summed E-state index contributed by atoms with van der Waals surface area (Å²) in [5, 5.41) is 2.85. The molecule has 0 aromatic heterocycles. The Labute approximate surface area is 149 Å². The van der Waals surface area contributed by atoms with Crippen molar-refractivity contribution in [3.05, 3.63) is 42.5 Å². The van der Waals surface area contributed by atoms with Crippen LogP contribution in [0.15, 0.2) is 41.9 Å². The molecule has 8 heteroatoms. The molecule has 1 fully saturated rings. The summed E-state index contributed by atoms with van der Waals surface area (Å²) in [4.78, 5) is 17.1. The van der Waals surface area contributed by atoms with Crippen molar-refractivity contribution >= 4 is 23.0 Å². The molecular weight excluding hydrogens is 342 g/mol. The minimum Gasteiger partial charge on any atom is -0.493 e. The van der Waals surface area contributed by atoms with E-state index in [4.69, 9.17) is 9.29 Å². The van der Waals surface area contributed by atoms with Crippen molar-refractivity contribution in [3.8, 4) is 5.75 Å². The van der Waals surface area contributed by atoms with E-state index in [9.17, 15) is 9.00 Å². The highest BCUT2D eigenvalue weighted by atomic mass is 32.2. The van der Waals surface area contributed by atoms with Gasteiger partial charge in [-0.25, -0.2) is 8.51 Å². The molecule has 3 rings (SSSR count). The molecule has 1 unspecified atom stereocenters. The van der Waals surface area contributed by atoms with Crippen molar-refractivity contribution in [3.63, 3.8) is 0 Å². The fraction of sp³-hybridized carbons (Fsp3) is 0.412. The van der Waals surface area contributed by atoms with Gasteiger partial charge in [0.15, 0.2) is 0 Å². The first-order valence-corrected chi connectivity index (χ1v) is 9.22. The third-order valence-electron chi connectivity index (χ3n) is 4.45. The number of hydrogen-bond acceptors (Lipinski definition) is 4. The lowest BCUT2D eigenvalue weighted by atomic mass is 9.89. The van der Waals surface area contributed by atoms with Crippen LogP contribution in [0.5, 0.6) is 5.75 Å². The Kier molecular flexibility index (Phi) is 5.31. The number of benzene rings is 1. The van der Waals surface area contributed by atoms with Crippen LogP contribution < -0.4 is 10.1 Å². The van der Waals surface area contributed by atoms with Crippen molar-refractivity contribution in [2.45, 2.75) is 24.8 Å². The van der Waals surface area contributed by atoms with Crippen LogP contribution in [0.25, 0.3) is 0 Å². The van der Waals surface area contributed by atoms with Crippen LogP contribution in [-0.4, -0.2) is 50.0 Å². The maximum atomic E-state index is 12.5. The van der Waals surface area contributed by atoms with Gasteiger partial charge in [-0.1, -0.05) is 18.2 Å². The van der Waals surface area contributed by atoms with Gasteiger partial charge >= 0.3 is 0 Å². The van der Waals surface area contributed by atoms with Crippen LogP contribution in [0, 0.1) is 0 Å². The monoisotopic (exact) mass is 363 g/mol. The van der Waals surface area contributed by atoms with Crippen LogP contribution in [0.4, 0.5) is 0 Å². The van der Waals surface area contributed by atoms with Gasteiger partial charge in [-0.3, -0.25) is 14.3 Å². The van der Waals surface area contributed by atoms with Crippen molar-refractivity contribution in [2.75, 3.05) is 19.7 Å². The van der Waals surface area contributed by atoms with E-state index >= 15 is 0 Å². The number of amidine groups is 1. The molecule has 7 nitrogen and oxygen atoms in total. The Morgan fingerprint density at radius 1 is 1.44 bits per heavy atom. The minimum absolute atomic E-state index is 0.149. The van der Waals surface area contributed by atoms with Gasteiger partial charge in [-0.15, -0.1) is 6.58 Å². The molecule has 25 heavy (non-hydrogen) atoms. The second kappa shape index (κ2) is 7.47. The zero-order chi connectivity index (χ0) is 17.9. The molecule has 1 atom stereocenters. The number of carbonyl (C=O) groups excluding carboxylic acids is 1. The predicted molar refractivity (Wildman–Crippen MR) is 95.7 cm³/mol. The van der Waals surface area contributed by atoms with Gasteiger partial charge in [-0.05, 0) is 31.4 Å². The highest BCUT2D eigenvalue weighted by molar-refractivity contribution is 7.76. The van der Waals surface area contributed by atoms with Crippen molar-refractivity contribution in [1.29, 1.82) is 0 Å². The highest BCUT2D eigenvalue weighted by Crippen LogP contribution is 2.31. The SMILES string of the molecule is C=CCCOc1cccc(C2=NC3(CCN(S(=O)O)CC3)C(=O)N2)c1. The van der Waals surface area contributed by atoms with E-state index in [1.54, 1.807) is 6.08 Å². The molecule has 0 bridgehead atoms. The Balaban J connectivity index is 1.75. The average molecular weight is 363 g/mol. The zero-order valence-corrected chi connectivity index (χ0v) is 14.6. The molecule has 1 aromatic carbocycles. The fourth-order valence-electron chi connectivity index (χ4n) is 3.00. The van der Waals surface area contributed by atoms with Gasteiger partial charge in [-0.2, -0.15) is 0 Å². The quantitative estimate of drug-likeness (QED) is 0.455. The van der Waals surface area contributed by atoms with E-state index in [1.807, 2.05) is 24.3 Å². The molecule has 1 spiro atoms. The molecule has 0 saturated carbocycles. The van der Waals surface area contributed by atoms with E-state index < -0.39 is 16.8 Å². The lowest BCUT2D eigenvalue weighted by Gasteiger charge is -2.32. The summed E-state index contributed by atoms with van der Waals surface area (Å²) in [5.41, 5.74) is -0.0558. The number of aliphatic imine (C=N–C) groups is 1. The van der Waals surface area contributed by atoms with Gasteiger partial charge in [0, 0.05) is 18.7 Å². The number of hydrogen-bond donors (Lipinski definition) is 2. The summed E-state index contributed by atoms with van der Waals surface area (Å²) < 4.78 is 27.4. The summed E-state index contributed by atoms with van der Waals surface area (Å²) in [6.45, 7) is 4.92. The standard InChI is InChI=1S/C17H21N3O4S/c1-2-3-11-24-14-6-4-5-13(12-14)15-18-16(21)17(19-15)7-9-20(10-8-17)25(22)23/h2,4-6,12H,1,3,7-11H2,(H,22,23)(H,18,19,21). The second-order valence-electron chi connectivity index (χ2n) is 6.06. The lowest BCUT2D eigenvalue weighted by Crippen LogP contribution is -2.49. The molecule has 1 amide bonds. The van der Waals surface area contributed by atoms with Crippen molar-refractivity contribution in [2.24, 2.45) is 4.99 Å². The molecule has 2 N–H and O–H groups in total. The number of amides is 1. The smallest absolute Gasteiger partial charge is 0.253 e. The molecule has 1 saturated heterocycles. The van der Waals surface area contributed by atoms with Gasteiger partial charge in [0.05, 0.1) is 6.61 Å². The topological polar surface area (TPSA) is 91.2 Å². The normalized spacial score (nSPS) is 20.8. The van der Waals surface area contributed by atoms with Crippen LogP contribution in [0.2, 0.25) is 0 Å². The van der Waals surface area contributed by atoms with E-state index in [2.05, 4.69) is 16.9 Å². The molecule has 2 heterocycles. The van der Waals surface area contributed by atoms with Gasteiger partial charge in [0.25, 0.3) is 5.91 Å². The first-order valence-electron chi connectivity index (χ1n) is 8.15. The molecule has 2 aliphatic rings. The fourth-order valence-corrected chi connectivity index (χ4v) is 3.49. The predicted octanol–water partition coefficient (Wildman–Crippen LogP) is 1.49. The van der Waals surface area contributed by atoms with Crippen molar-refractivity contribution < 1.29 is 18.3 Å². The number of piperidine rings is 1. The summed E-state index contributed by atoms with van der Waals surface area (Å²) in [6.07, 6.45) is 3.39. The van der Waals surface area contributed by atoms with Crippen LogP contribution in [0.1, 0.15) is 24.8 Å². The maximum Gasteiger partial charge on any atom is 0.253 e. The maximum absolute atomic E-state index is 12.5. The third kappa shape index (κ3) is 3.81. The largest absolute Gasteiger partial charge is 0.493 e. The highest BCUT2D eigenvalue weighted by Gasteiger charge is 2.46. The van der Waals surface area contributed by atoms with Crippen LogP contribution in [0.3, 0.4) is 0 Å². The molecule has 1 aromatic rings. The van der Waals surface area contributed by atoms with E-state index in [1.165, 1.54) is 4.31 Å². The summed E-state index contributed by atoms with van der Waals surface area (Å²) >= 11 is -2.00. The van der Waals surface area contributed by atoms with Crippen molar-refractivity contribution in [1.82, 2.24) is 9.62 Å². The number of ether oxygens (including phenoxy) is 1. The molecule has 0 radical (unpaired) electrons. The number of nitrogens with zero attached hydrogens (tertiary/aromatic N) is 2. The number of rotatable bonds is 6. The molecular formula is C17H21N3O4S. The lowest BCUT2D eigenvalue weighted by molar-refractivity contribution is -0.124. The second-order valence-corrected chi connectivity index (χ2v) is 7.04. The van der Waals surface area contributed by atoms with E-state index in [0.29, 0.717) is 44.1 Å². The molecule has 0 aliphatic carbocycles.